The number of ether oxygens (including phenoxy) is 3. The van der Waals surface area contributed by atoms with Crippen LogP contribution in [0.5, 0.6) is 11.5 Å². The predicted octanol–water partition coefficient (Wildman–Crippen LogP) is 3.09. The first-order valence-corrected chi connectivity index (χ1v) is 8.89. The van der Waals surface area contributed by atoms with Crippen LogP contribution in [-0.4, -0.2) is 36.6 Å². The van der Waals surface area contributed by atoms with Crippen molar-refractivity contribution in [1.29, 1.82) is 0 Å². The summed E-state index contributed by atoms with van der Waals surface area (Å²) in [5.41, 5.74) is 2.67. The molecular formula is C20H20N2O7. The molecule has 152 valence electrons. The summed E-state index contributed by atoms with van der Waals surface area (Å²) in [6, 6.07) is 6.16. The summed E-state index contributed by atoms with van der Waals surface area (Å²) in [6.45, 7) is 5.61. The van der Waals surface area contributed by atoms with Crippen LogP contribution in [0.25, 0.3) is 0 Å². The minimum Gasteiger partial charge on any atom is -0.486 e. The standard InChI is InChI=1S/C20H20N2O7/c1-11-6-12(2)19(13(3)7-11)21-18(23)10-29-20(24)14-8-16-17(28-5-4-27-16)9-15(14)22(25)26/h6-9H,4-5,10H2,1-3H3,(H,21,23). The van der Waals surface area contributed by atoms with Gasteiger partial charge in [-0.25, -0.2) is 4.79 Å². The van der Waals surface area contributed by atoms with Gasteiger partial charge in [0.25, 0.3) is 11.6 Å². The quantitative estimate of drug-likeness (QED) is 0.465. The molecule has 1 aliphatic heterocycles. The molecule has 29 heavy (non-hydrogen) atoms. The molecule has 0 atom stereocenters. The van der Waals surface area contributed by atoms with Gasteiger partial charge in [-0.15, -0.1) is 0 Å². The van der Waals surface area contributed by atoms with Crippen LogP contribution in [0.15, 0.2) is 24.3 Å². The van der Waals surface area contributed by atoms with E-state index >= 15 is 0 Å². The molecule has 0 aromatic heterocycles. The number of hydrogen-bond acceptors (Lipinski definition) is 7. The smallest absolute Gasteiger partial charge is 0.345 e. The lowest BCUT2D eigenvalue weighted by atomic mass is 10.1. The maximum absolute atomic E-state index is 12.4. The predicted molar refractivity (Wildman–Crippen MR) is 104 cm³/mol. The van der Waals surface area contributed by atoms with Gasteiger partial charge in [0.05, 0.1) is 11.0 Å². The second kappa shape index (κ2) is 8.17. The highest BCUT2D eigenvalue weighted by atomic mass is 16.6. The molecule has 1 aliphatic rings. The van der Waals surface area contributed by atoms with Gasteiger partial charge in [0.15, 0.2) is 18.1 Å². The lowest BCUT2D eigenvalue weighted by Gasteiger charge is -2.18. The third-order valence-electron chi connectivity index (χ3n) is 4.35. The molecular weight excluding hydrogens is 380 g/mol. The summed E-state index contributed by atoms with van der Waals surface area (Å²) in [5, 5.41) is 14.0. The molecule has 1 N–H and O–H groups in total. The van der Waals surface area contributed by atoms with E-state index in [-0.39, 0.29) is 30.3 Å². The number of esters is 1. The van der Waals surface area contributed by atoms with Crippen LogP contribution in [0.3, 0.4) is 0 Å². The highest BCUT2D eigenvalue weighted by Gasteiger charge is 2.27. The Hall–Kier alpha value is -3.62. The van der Waals surface area contributed by atoms with Gasteiger partial charge >= 0.3 is 5.97 Å². The van der Waals surface area contributed by atoms with Crippen LogP contribution in [0.4, 0.5) is 11.4 Å². The Bertz CT molecular complexity index is 978. The Morgan fingerprint density at radius 3 is 2.24 bits per heavy atom. The van der Waals surface area contributed by atoms with E-state index in [2.05, 4.69) is 5.32 Å². The van der Waals surface area contributed by atoms with E-state index in [4.69, 9.17) is 14.2 Å². The number of hydrogen-bond donors (Lipinski definition) is 1. The van der Waals surface area contributed by atoms with Crippen molar-refractivity contribution in [2.45, 2.75) is 20.8 Å². The molecule has 1 heterocycles. The lowest BCUT2D eigenvalue weighted by Crippen LogP contribution is -2.22. The van der Waals surface area contributed by atoms with Gasteiger partial charge in [0, 0.05) is 11.8 Å². The van der Waals surface area contributed by atoms with E-state index < -0.39 is 29.1 Å². The highest BCUT2D eigenvalue weighted by molar-refractivity contribution is 5.98. The summed E-state index contributed by atoms with van der Waals surface area (Å²) in [4.78, 5) is 35.2. The largest absolute Gasteiger partial charge is 0.486 e. The molecule has 0 aliphatic carbocycles. The van der Waals surface area contributed by atoms with E-state index in [0.717, 1.165) is 22.8 Å². The maximum atomic E-state index is 12.4. The zero-order valence-electron chi connectivity index (χ0n) is 16.2. The topological polar surface area (TPSA) is 117 Å². The van der Waals surface area contributed by atoms with Crippen LogP contribution in [0.1, 0.15) is 27.0 Å². The Balaban J connectivity index is 1.72. The van der Waals surface area contributed by atoms with Crippen molar-refractivity contribution in [3.8, 4) is 11.5 Å². The molecule has 0 fully saturated rings. The number of nitro benzene ring substituents is 1. The molecule has 2 aromatic carbocycles. The van der Waals surface area contributed by atoms with E-state index in [9.17, 15) is 19.7 Å². The maximum Gasteiger partial charge on any atom is 0.345 e. The Morgan fingerprint density at radius 1 is 1.07 bits per heavy atom. The molecule has 0 saturated heterocycles. The fourth-order valence-corrected chi connectivity index (χ4v) is 3.15. The number of amides is 1. The number of carbonyl (C=O) groups is 2. The average molecular weight is 400 g/mol. The van der Waals surface area contributed by atoms with Crippen molar-refractivity contribution in [3.63, 3.8) is 0 Å². The summed E-state index contributed by atoms with van der Waals surface area (Å²) >= 11 is 0. The minimum absolute atomic E-state index is 0.183. The van der Waals surface area contributed by atoms with Crippen molar-refractivity contribution >= 4 is 23.3 Å². The van der Waals surface area contributed by atoms with E-state index in [1.165, 1.54) is 6.07 Å². The normalized spacial score (nSPS) is 12.2. The molecule has 2 aromatic rings. The molecule has 3 rings (SSSR count). The number of nitrogens with zero attached hydrogens (tertiary/aromatic N) is 1. The molecule has 0 saturated carbocycles. The van der Waals surface area contributed by atoms with Crippen LogP contribution in [-0.2, 0) is 9.53 Å². The number of benzene rings is 2. The molecule has 0 spiro atoms. The second-order valence-corrected chi connectivity index (χ2v) is 6.67. The Labute approximate surface area is 166 Å². The van der Waals surface area contributed by atoms with Crippen LogP contribution >= 0.6 is 0 Å². The van der Waals surface area contributed by atoms with Gasteiger partial charge in [0.2, 0.25) is 0 Å². The summed E-state index contributed by atoms with van der Waals surface area (Å²) < 4.78 is 15.6. The van der Waals surface area contributed by atoms with Crippen LogP contribution < -0.4 is 14.8 Å². The average Bonchev–Trinajstić information content (AvgIpc) is 2.67. The number of nitro groups is 1. The fourth-order valence-electron chi connectivity index (χ4n) is 3.15. The van der Waals surface area contributed by atoms with Crippen molar-refractivity contribution in [2.75, 3.05) is 25.1 Å². The van der Waals surface area contributed by atoms with Crippen molar-refractivity contribution in [3.05, 3.63) is 56.6 Å². The third-order valence-corrected chi connectivity index (χ3v) is 4.35. The SMILES string of the molecule is Cc1cc(C)c(NC(=O)COC(=O)c2cc3c(cc2[N+](=O)[O-])OCCO3)c(C)c1. The first-order valence-electron chi connectivity index (χ1n) is 8.89. The first kappa shape index (κ1) is 20.1. The van der Waals surface area contributed by atoms with Gasteiger partial charge in [0.1, 0.15) is 18.8 Å². The lowest BCUT2D eigenvalue weighted by molar-refractivity contribution is -0.385. The number of nitrogens with one attached hydrogen (secondary N) is 1. The molecule has 9 heteroatoms. The van der Waals surface area contributed by atoms with Gasteiger partial charge in [-0.05, 0) is 31.9 Å². The van der Waals surface area contributed by atoms with Gasteiger partial charge < -0.3 is 19.5 Å². The summed E-state index contributed by atoms with van der Waals surface area (Å²) in [5.74, 6) is -1.15. The molecule has 9 nitrogen and oxygen atoms in total. The molecule has 0 bridgehead atoms. The number of aryl methyl sites for hydroxylation is 3. The van der Waals surface area contributed by atoms with Crippen LogP contribution in [0.2, 0.25) is 0 Å². The van der Waals surface area contributed by atoms with Crippen LogP contribution in [0, 0.1) is 30.9 Å². The Morgan fingerprint density at radius 2 is 1.66 bits per heavy atom. The first-order chi connectivity index (χ1) is 13.8. The fraction of sp³-hybridized carbons (Fsp3) is 0.300. The van der Waals surface area contributed by atoms with Crippen molar-refractivity contribution in [2.24, 2.45) is 0 Å². The number of carbonyl (C=O) groups excluding carboxylic acids is 2. The number of fused-ring (bicyclic) bond motifs is 1. The van der Waals surface area contributed by atoms with Gasteiger partial charge in [-0.3, -0.25) is 14.9 Å². The van der Waals surface area contributed by atoms with E-state index in [0.29, 0.717) is 5.69 Å². The van der Waals surface area contributed by atoms with Gasteiger partial charge in [-0.2, -0.15) is 0 Å². The molecule has 0 radical (unpaired) electrons. The van der Waals surface area contributed by atoms with Gasteiger partial charge in [-0.1, -0.05) is 17.7 Å². The molecule has 0 unspecified atom stereocenters. The zero-order chi connectivity index (χ0) is 21.1. The molecule has 1 amide bonds. The van der Waals surface area contributed by atoms with E-state index in [1.807, 2.05) is 32.9 Å². The zero-order valence-corrected chi connectivity index (χ0v) is 16.2. The highest BCUT2D eigenvalue weighted by Crippen LogP contribution is 2.36. The monoisotopic (exact) mass is 400 g/mol. The third kappa shape index (κ3) is 4.45. The second-order valence-electron chi connectivity index (χ2n) is 6.67. The van der Waals surface area contributed by atoms with E-state index in [1.54, 1.807) is 0 Å². The summed E-state index contributed by atoms with van der Waals surface area (Å²) in [7, 11) is 0. The summed E-state index contributed by atoms with van der Waals surface area (Å²) in [6.07, 6.45) is 0. The Kier molecular flexibility index (Phi) is 5.67. The number of anilines is 1. The van der Waals surface area contributed by atoms with Crippen molar-refractivity contribution in [1.82, 2.24) is 0 Å². The minimum atomic E-state index is -0.999. The van der Waals surface area contributed by atoms with Crippen molar-refractivity contribution < 1.29 is 28.7 Å². The number of rotatable bonds is 5.